The first-order valence-corrected chi connectivity index (χ1v) is 18.2. The van der Waals surface area contributed by atoms with Gasteiger partial charge in [-0.25, -0.2) is 9.97 Å². The summed E-state index contributed by atoms with van der Waals surface area (Å²) < 4.78 is 4.69. The molecule has 0 saturated heterocycles. The lowest BCUT2D eigenvalue weighted by atomic mass is 10.1. The number of nitrogens with zero attached hydrogens (tertiary/aromatic N) is 4. The van der Waals surface area contributed by atoms with Gasteiger partial charge in [-0.05, 0) is 83.9 Å². The van der Waals surface area contributed by atoms with Crippen LogP contribution in [0.15, 0.2) is 158 Å². The van der Waals surface area contributed by atoms with Gasteiger partial charge in [0.2, 0.25) is 0 Å². The maximum Gasteiger partial charge on any atom is 0.116 e. The fourth-order valence-electron chi connectivity index (χ4n) is 7.10. The van der Waals surface area contributed by atoms with Gasteiger partial charge < -0.3 is 9.13 Å². The molecule has 10 aromatic rings. The van der Waals surface area contributed by atoms with Gasteiger partial charge in [-0.2, -0.15) is 0 Å². The number of aromatic nitrogens is 4. The highest BCUT2D eigenvalue weighted by atomic mass is 32.1. The summed E-state index contributed by atoms with van der Waals surface area (Å²) in [5, 5.41) is 6.89. The second kappa shape index (κ2) is 11.8. The molecule has 4 aromatic heterocycles. The van der Waals surface area contributed by atoms with Crippen LogP contribution in [-0.2, 0) is 0 Å². The number of hydrogen-bond acceptors (Lipinski definition) is 4. The van der Waals surface area contributed by atoms with E-state index in [0.29, 0.717) is 0 Å². The van der Waals surface area contributed by atoms with E-state index in [1.165, 1.54) is 66.1 Å². The highest BCUT2D eigenvalue weighted by Gasteiger charge is 2.15. The highest BCUT2D eigenvalue weighted by Crippen LogP contribution is 2.38. The molecule has 0 saturated carbocycles. The van der Waals surface area contributed by atoms with E-state index in [9.17, 15) is 0 Å². The first-order chi connectivity index (χ1) is 24.8. The zero-order valence-electron chi connectivity index (χ0n) is 26.8. The van der Waals surface area contributed by atoms with Crippen molar-refractivity contribution in [1.82, 2.24) is 19.1 Å². The molecule has 6 aromatic carbocycles. The minimum atomic E-state index is 0.957. The van der Waals surface area contributed by atoms with Crippen LogP contribution >= 0.6 is 22.7 Å². The standard InChI is InChI=1S/C44H28N4S2/c1-3-11-31(12-4-1)47-37-17-9-7-15-33(37)35-25-29(19-21-39(35)47)41-27-45-43(49-41)23-24-44-46-28-42(50-44)30-20-22-40-36(26-30)34-16-8-10-18-38(34)48(40)32-13-5-2-6-14-32/h1-28H/b24-23+. The van der Waals surface area contributed by atoms with Crippen LogP contribution < -0.4 is 0 Å². The minimum absolute atomic E-state index is 0.957. The van der Waals surface area contributed by atoms with Crippen molar-refractivity contribution in [3.05, 3.63) is 168 Å². The van der Waals surface area contributed by atoms with Crippen LogP contribution in [0, 0.1) is 0 Å². The Balaban J connectivity index is 0.945. The molecule has 0 bridgehead atoms. The van der Waals surface area contributed by atoms with E-state index in [1.54, 1.807) is 22.7 Å². The Kier molecular flexibility index (Phi) is 6.82. The van der Waals surface area contributed by atoms with Crippen LogP contribution in [0.4, 0.5) is 0 Å². The number of hydrogen-bond donors (Lipinski definition) is 0. The molecule has 236 valence electrons. The summed E-state index contributed by atoms with van der Waals surface area (Å²) in [4.78, 5) is 11.8. The molecule has 50 heavy (non-hydrogen) atoms. The number of fused-ring (bicyclic) bond motifs is 6. The fourth-order valence-corrected chi connectivity index (χ4v) is 8.74. The second-order valence-corrected chi connectivity index (χ2v) is 14.4. The molecule has 0 aliphatic heterocycles. The molecular weight excluding hydrogens is 649 g/mol. The quantitative estimate of drug-likeness (QED) is 0.176. The Morgan fingerprint density at radius 2 is 0.800 bits per heavy atom. The van der Waals surface area contributed by atoms with E-state index in [0.717, 1.165) is 19.8 Å². The lowest BCUT2D eigenvalue weighted by molar-refractivity contribution is 1.18. The third kappa shape index (κ3) is 4.80. The average Bonchev–Trinajstić information content (AvgIpc) is 3.98. The molecule has 10 rings (SSSR count). The summed E-state index contributed by atoms with van der Waals surface area (Å²) in [6.07, 6.45) is 8.12. The van der Waals surface area contributed by atoms with Gasteiger partial charge in [0.05, 0.1) is 31.8 Å². The Bertz CT molecular complexity index is 2670. The van der Waals surface area contributed by atoms with Crippen molar-refractivity contribution >= 4 is 78.4 Å². The Morgan fingerprint density at radius 1 is 0.400 bits per heavy atom. The van der Waals surface area contributed by atoms with Crippen molar-refractivity contribution in [2.24, 2.45) is 0 Å². The van der Waals surface area contributed by atoms with Gasteiger partial charge in [0, 0.05) is 45.3 Å². The van der Waals surface area contributed by atoms with E-state index in [1.807, 2.05) is 12.4 Å². The predicted molar refractivity (Wildman–Crippen MR) is 213 cm³/mol. The first-order valence-electron chi connectivity index (χ1n) is 16.6. The molecule has 0 amide bonds. The molecule has 0 N–H and O–H groups in total. The summed E-state index contributed by atoms with van der Waals surface area (Å²) in [5.41, 5.74) is 9.49. The maximum absolute atomic E-state index is 4.76. The Hall–Kier alpha value is -6.08. The van der Waals surface area contributed by atoms with Gasteiger partial charge in [-0.15, -0.1) is 22.7 Å². The third-order valence-corrected chi connectivity index (χ3v) is 11.4. The topological polar surface area (TPSA) is 35.6 Å². The Morgan fingerprint density at radius 3 is 1.26 bits per heavy atom. The molecule has 0 fully saturated rings. The summed E-state index contributed by atoms with van der Waals surface area (Å²) >= 11 is 3.40. The number of rotatable bonds is 6. The van der Waals surface area contributed by atoms with Crippen LogP contribution in [-0.4, -0.2) is 19.1 Å². The van der Waals surface area contributed by atoms with Crippen LogP contribution in [0.1, 0.15) is 10.0 Å². The molecular formula is C44H28N4S2. The SMILES string of the molecule is C(=C\c1ncc(-c2ccc3c(c2)c2ccccc2n3-c2ccccc2)s1)/c1ncc(-c2ccc3c(c2)c2ccccc2n3-c2ccccc2)s1. The molecule has 0 atom stereocenters. The molecule has 0 aliphatic rings. The van der Waals surface area contributed by atoms with Crippen molar-refractivity contribution < 1.29 is 0 Å². The summed E-state index contributed by atoms with van der Waals surface area (Å²) in [5.74, 6) is 0. The van der Waals surface area contributed by atoms with Crippen molar-refractivity contribution in [2.75, 3.05) is 0 Å². The van der Waals surface area contributed by atoms with Crippen LogP contribution in [0.25, 0.3) is 88.0 Å². The monoisotopic (exact) mass is 676 g/mol. The minimum Gasteiger partial charge on any atom is -0.309 e. The van der Waals surface area contributed by atoms with Gasteiger partial charge in [0.15, 0.2) is 0 Å². The smallest absolute Gasteiger partial charge is 0.116 e. The summed E-state index contributed by atoms with van der Waals surface area (Å²) in [6, 6.07) is 51.9. The van der Waals surface area contributed by atoms with Crippen molar-refractivity contribution in [3.8, 4) is 32.3 Å². The number of para-hydroxylation sites is 4. The molecule has 0 aliphatic carbocycles. The summed E-state index contributed by atoms with van der Waals surface area (Å²) in [7, 11) is 0. The predicted octanol–water partition coefficient (Wildman–Crippen LogP) is 12.3. The summed E-state index contributed by atoms with van der Waals surface area (Å²) in [6.45, 7) is 0. The van der Waals surface area contributed by atoms with Gasteiger partial charge in [-0.3, -0.25) is 0 Å². The molecule has 0 spiro atoms. The molecule has 4 heterocycles. The number of thiazole rings is 2. The van der Waals surface area contributed by atoms with E-state index in [-0.39, 0.29) is 0 Å². The van der Waals surface area contributed by atoms with Crippen LogP contribution in [0.3, 0.4) is 0 Å². The zero-order valence-corrected chi connectivity index (χ0v) is 28.4. The van der Waals surface area contributed by atoms with E-state index >= 15 is 0 Å². The maximum atomic E-state index is 4.76. The van der Waals surface area contributed by atoms with Crippen molar-refractivity contribution in [2.45, 2.75) is 0 Å². The lowest BCUT2D eigenvalue weighted by Gasteiger charge is -2.07. The van der Waals surface area contributed by atoms with Gasteiger partial charge in [-0.1, -0.05) is 84.9 Å². The third-order valence-electron chi connectivity index (χ3n) is 9.36. The van der Waals surface area contributed by atoms with Crippen molar-refractivity contribution in [1.29, 1.82) is 0 Å². The first kappa shape index (κ1) is 28.9. The van der Waals surface area contributed by atoms with Crippen molar-refractivity contribution in [3.63, 3.8) is 0 Å². The van der Waals surface area contributed by atoms with E-state index in [2.05, 4.69) is 167 Å². The average molecular weight is 677 g/mol. The largest absolute Gasteiger partial charge is 0.309 e. The Labute approximate surface area is 296 Å². The van der Waals surface area contributed by atoms with E-state index < -0.39 is 0 Å². The normalized spacial score (nSPS) is 11.9. The molecule has 6 heteroatoms. The molecule has 4 nitrogen and oxygen atoms in total. The molecule has 0 unspecified atom stereocenters. The lowest BCUT2D eigenvalue weighted by Crippen LogP contribution is -1.92. The second-order valence-electron chi connectivity index (χ2n) is 12.3. The fraction of sp³-hybridized carbons (Fsp3) is 0. The van der Waals surface area contributed by atoms with Crippen LogP contribution in [0.2, 0.25) is 0 Å². The van der Waals surface area contributed by atoms with Crippen LogP contribution in [0.5, 0.6) is 0 Å². The van der Waals surface area contributed by atoms with Gasteiger partial charge in [0.1, 0.15) is 10.0 Å². The highest BCUT2D eigenvalue weighted by molar-refractivity contribution is 7.16. The van der Waals surface area contributed by atoms with E-state index in [4.69, 9.17) is 9.97 Å². The van der Waals surface area contributed by atoms with Gasteiger partial charge >= 0.3 is 0 Å². The van der Waals surface area contributed by atoms with Gasteiger partial charge in [0.25, 0.3) is 0 Å². The zero-order chi connectivity index (χ0) is 33.0. The molecule has 0 radical (unpaired) electrons. The number of benzene rings is 6.